The number of ether oxygens (including phenoxy) is 2. The molecule has 0 radical (unpaired) electrons. The van der Waals surface area contributed by atoms with Crippen molar-refractivity contribution in [2.24, 2.45) is 17.8 Å². The van der Waals surface area contributed by atoms with Crippen LogP contribution < -0.4 is 15.2 Å². The smallest absolute Gasteiger partial charge is 0.278 e. The van der Waals surface area contributed by atoms with Gasteiger partial charge in [-0.1, -0.05) is 48.5 Å². The number of rotatable bonds is 4. The maximum Gasteiger partial charge on any atom is 0.278 e. The number of aromatic nitrogens is 1. The van der Waals surface area contributed by atoms with Gasteiger partial charge in [0.15, 0.2) is 23.1 Å². The van der Waals surface area contributed by atoms with Crippen molar-refractivity contribution >= 4 is 17.7 Å². The van der Waals surface area contributed by atoms with Gasteiger partial charge in [0.05, 0.1) is 17.7 Å². The van der Waals surface area contributed by atoms with E-state index in [0.29, 0.717) is 18.7 Å². The maximum atomic E-state index is 15.2. The summed E-state index contributed by atoms with van der Waals surface area (Å²) >= 11 is 1.64. The van der Waals surface area contributed by atoms with E-state index in [1.807, 2.05) is 47.4 Å². The van der Waals surface area contributed by atoms with Crippen molar-refractivity contribution in [1.82, 2.24) is 9.58 Å². The minimum Gasteiger partial charge on any atom is -0.482 e. The van der Waals surface area contributed by atoms with Crippen LogP contribution in [0.2, 0.25) is 0 Å². The Hall–Kier alpha value is -3.89. The Morgan fingerprint density at radius 1 is 0.978 bits per heavy atom. The molecule has 10 heteroatoms. The van der Waals surface area contributed by atoms with E-state index in [2.05, 4.69) is 17.1 Å². The van der Waals surface area contributed by atoms with Crippen LogP contribution in [0.4, 0.5) is 8.78 Å². The number of carbonyl (C=O) groups is 1. The van der Waals surface area contributed by atoms with Crippen LogP contribution in [0.3, 0.4) is 0 Å². The van der Waals surface area contributed by atoms with E-state index in [-0.39, 0.29) is 52.9 Å². The number of fused-ring (bicyclic) bond motifs is 6. The molecule has 7 atom stereocenters. The highest BCUT2D eigenvalue weighted by Crippen LogP contribution is 2.57. The standard InChI is InChI=1S/C36H33F2N3O4S/c37-27-16-22-20-46-30-9-5-4-8-24(30)31(25(22)18-28(27)38)41-34-26-17-23-10-12-36(26,45-23)13-15-39(34)35(43)32-33(29(42)11-14-40(32)41)44-19-21-6-2-1-3-7-21/h1-9,11,14,16,18,22-23,25-26,31,34H,10,12-13,15,17,19-20H2/t22?,23-,25?,26+,31?,34+,36-/m0/s1. The number of halogens is 2. The second-order valence-corrected chi connectivity index (χ2v) is 14.3. The molecule has 6 aliphatic rings. The van der Waals surface area contributed by atoms with Gasteiger partial charge < -0.3 is 14.4 Å². The molecule has 9 rings (SSSR count). The molecule has 2 aromatic carbocycles. The fourth-order valence-corrected chi connectivity index (χ4v) is 10.1. The van der Waals surface area contributed by atoms with Crippen molar-refractivity contribution in [3.8, 4) is 5.75 Å². The van der Waals surface area contributed by atoms with E-state index in [1.165, 1.54) is 18.2 Å². The van der Waals surface area contributed by atoms with E-state index in [4.69, 9.17) is 9.47 Å². The lowest BCUT2D eigenvalue weighted by atomic mass is 9.70. The number of carbonyl (C=O) groups excluding carboxylic acids is 1. The van der Waals surface area contributed by atoms with Crippen LogP contribution in [0.1, 0.15) is 53.3 Å². The minimum absolute atomic E-state index is 0.00609. The molecule has 7 nitrogen and oxygen atoms in total. The first-order valence-corrected chi connectivity index (χ1v) is 17.1. The summed E-state index contributed by atoms with van der Waals surface area (Å²) in [5.74, 6) is -2.11. The Kier molecular flexibility index (Phi) is 6.51. The summed E-state index contributed by atoms with van der Waals surface area (Å²) in [7, 11) is 0. The third-order valence-electron chi connectivity index (χ3n) is 10.9. The van der Waals surface area contributed by atoms with Gasteiger partial charge in [-0.25, -0.2) is 8.78 Å². The first-order chi connectivity index (χ1) is 22.4. The fourth-order valence-electron chi connectivity index (χ4n) is 8.89. The SMILES string of the molecule is O=C1c2c(OCc3ccccc3)c(=O)ccn2N(C2c3ccccc3SCC3C=C(F)C(F)=CC32)[C@@H]2[C@H]3C[C@@H]4CC[C@@]3(CCN12)O4. The van der Waals surface area contributed by atoms with E-state index < -0.39 is 29.8 Å². The summed E-state index contributed by atoms with van der Waals surface area (Å²) in [5, 5.41) is 2.18. The molecule has 3 unspecified atom stereocenters. The summed E-state index contributed by atoms with van der Waals surface area (Å²) in [5.41, 5.74) is 1.29. The van der Waals surface area contributed by atoms with Gasteiger partial charge in [-0.2, -0.15) is 0 Å². The van der Waals surface area contributed by atoms with Gasteiger partial charge in [-0.3, -0.25) is 19.3 Å². The Balaban J connectivity index is 1.26. The number of piperidine rings is 1. The number of hydrogen-bond acceptors (Lipinski definition) is 6. The number of pyridine rings is 1. The molecule has 236 valence electrons. The largest absolute Gasteiger partial charge is 0.482 e. The second-order valence-electron chi connectivity index (χ2n) is 13.3. The predicted molar refractivity (Wildman–Crippen MR) is 169 cm³/mol. The van der Waals surface area contributed by atoms with Gasteiger partial charge in [0, 0.05) is 41.3 Å². The fraction of sp³-hybridized carbons (Fsp3) is 0.389. The summed E-state index contributed by atoms with van der Waals surface area (Å²) in [6.45, 7) is 0.580. The third kappa shape index (κ3) is 4.18. The lowest BCUT2D eigenvalue weighted by molar-refractivity contribution is -0.0775. The normalized spacial score (nSPS) is 32.3. The van der Waals surface area contributed by atoms with Crippen molar-refractivity contribution in [2.75, 3.05) is 17.3 Å². The highest BCUT2D eigenvalue weighted by Gasteiger charge is 2.63. The zero-order valence-corrected chi connectivity index (χ0v) is 25.9. The van der Waals surface area contributed by atoms with Crippen LogP contribution in [0.5, 0.6) is 5.75 Å². The molecule has 5 aliphatic heterocycles. The molecule has 0 saturated carbocycles. The van der Waals surface area contributed by atoms with Crippen molar-refractivity contribution in [2.45, 2.75) is 61.1 Å². The van der Waals surface area contributed by atoms with E-state index in [0.717, 1.165) is 35.3 Å². The van der Waals surface area contributed by atoms with Crippen molar-refractivity contribution in [3.05, 3.63) is 118 Å². The van der Waals surface area contributed by atoms with Crippen molar-refractivity contribution in [3.63, 3.8) is 0 Å². The van der Waals surface area contributed by atoms with E-state index in [1.54, 1.807) is 22.6 Å². The lowest BCUT2D eigenvalue weighted by Crippen LogP contribution is -2.71. The first kappa shape index (κ1) is 28.3. The summed E-state index contributed by atoms with van der Waals surface area (Å²) in [6, 6.07) is 18.6. The molecule has 6 heterocycles. The number of thioether (sulfide) groups is 1. The van der Waals surface area contributed by atoms with Crippen molar-refractivity contribution in [1.29, 1.82) is 0 Å². The molecule has 3 saturated heterocycles. The monoisotopic (exact) mass is 641 g/mol. The van der Waals surface area contributed by atoms with Crippen LogP contribution in [0.25, 0.3) is 0 Å². The van der Waals surface area contributed by atoms with Crippen LogP contribution in [0, 0.1) is 17.8 Å². The molecule has 1 spiro atoms. The predicted octanol–water partition coefficient (Wildman–Crippen LogP) is 6.29. The van der Waals surface area contributed by atoms with E-state index >= 15 is 4.39 Å². The Labute approximate surface area is 269 Å². The highest BCUT2D eigenvalue weighted by molar-refractivity contribution is 7.99. The molecule has 1 aromatic heterocycles. The minimum atomic E-state index is -0.865. The highest BCUT2D eigenvalue weighted by atomic mass is 32.2. The number of hydrogen-bond donors (Lipinski definition) is 0. The number of amides is 1. The van der Waals surface area contributed by atoms with Crippen LogP contribution in [-0.4, -0.2) is 45.7 Å². The molecule has 3 fully saturated rings. The molecule has 1 aliphatic carbocycles. The summed E-state index contributed by atoms with van der Waals surface area (Å²) < 4.78 is 44.7. The summed E-state index contributed by atoms with van der Waals surface area (Å²) in [4.78, 5) is 31.0. The Bertz CT molecular complexity index is 1860. The average Bonchev–Trinajstić information content (AvgIpc) is 3.61. The molecule has 0 N–H and O–H groups in total. The van der Waals surface area contributed by atoms with Crippen LogP contribution >= 0.6 is 11.8 Å². The Morgan fingerprint density at radius 3 is 2.63 bits per heavy atom. The first-order valence-electron chi connectivity index (χ1n) is 16.1. The molecule has 1 amide bonds. The molecule has 46 heavy (non-hydrogen) atoms. The number of nitrogens with zero attached hydrogens (tertiary/aromatic N) is 3. The average molecular weight is 642 g/mol. The summed E-state index contributed by atoms with van der Waals surface area (Å²) in [6.07, 6.45) is 7.69. The lowest BCUT2D eigenvalue weighted by Gasteiger charge is -2.58. The van der Waals surface area contributed by atoms with E-state index in [9.17, 15) is 14.0 Å². The topological polar surface area (TPSA) is 64.0 Å². The Morgan fingerprint density at radius 2 is 1.78 bits per heavy atom. The van der Waals surface area contributed by atoms with Gasteiger partial charge in [0.2, 0.25) is 5.43 Å². The number of benzene rings is 2. The van der Waals surface area contributed by atoms with Gasteiger partial charge in [0.25, 0.3) is 5.91 Å². The van der Waals surface area contributed by atoms with Crippen LogP contribution in [-0.2, 0) is 11.3 Å². The number of allylic oxidation sites excluding steroid dienone is 3. The second kappa shape index (κ2) is 10.6. The quantitative estimate of drug-likeness (QED) is 0.334. The zero-order valence-electron chi connectivity index (χ0n) is 25.1. The van der Waals surface area contributed by atoms with Gasteiger partial charge >= 0.3 is 0 Å². The molecular formula is C36H33F2N3O4S. The molecule has 2 bridgehead atoms. The molecule has 3 aromatic rings. The third-order valence-corrected chi connectivity index (χ3v) is 12.2. The van der Waals surface area contributed by atoms with Crippen LogP contribution in [0.15, 0.2) is 100 Å². The van der Waals surface area contributed by atoms with Gasteiger partial charge in [0.1, 0.15) is 12.8 Å². The van der Waals surface area contributed by atoms with Gasteiger partial charge in [-0.05, 0) is 60.9 Å². The van der Waals surface area contributed by atoms with Gasteiger partial charge in [-0.15, -0.1) is 11.8 Å². The van der Waals surface area contributed by atoms with Crippen molar-refractivity contribution < 1.29 is 23.0 Å². The zero-order chi connectivity index (χ0) is 31.2. The molecular weight excluding hydrogens is 608 g/mol. The maximum absolute atomic E-state index is 15.2.